The first-order valence-corrected chi connectivity index (χ1v) is 12.7. The van der Waals surface area contributed by atoms with E-state index in [9.17, 15) is 14.9 Å². The summed E-state index contributed by atoms with van der Waals surface area (Å²) in [4.78, 5) is 25.0. The first-order chi connectivity index (χ1) is 17.8. The highest BCUT2D eigenvalue weighted by Crippen LogP contribution is 2.44. The van der Waals surface area contributed by atoms with E-state index in [1.807, 2.05) is 54.6 Å². The average molecular weight is 498 g/mol. The molecular weight excluding hydrogens is 466 g/mol. The third kappa shape index (κ3) is 5.07. The number of Topliss-reactive ketones (excluding diaryl/α,β-unsaturated/α-hetero) is 1. The van der Waals surface area contributed by atoms with Crippen LogP contribution in [-0.2, 0) is 4.79 Å². The standard InChI is InChI=1S/C30H31N3O4/c1-18(2)17-37-23-12-10-20(11-13-23)22-14-26-29(28(34)16-22)30(32-25-7-5-4-6-24(25)31-26)21-9-8-19(3)27(15-21)33(35)36/h4-13,15,18,22,30-32H,14,16-17H2,1-3H3. The molecule has 3 aromatic rings. The van der Waals surface area contributed by atoms with Crippen molar-refractivity contribution >= 4 is 22.8 Å². The zero-order chi connectivity index (χ0) is 26.1. The Bertz CT molecular complexity index is 1380. The summed E-state index contributed by atoms with van der Waals surface area (Å²) in [7, 11) is 0. The Morgan fingerprint density at radius 3 is 2.41 bits per heavy atom. The number of hydrogen-bond acceptors (Lipinski definition) is 6. The number of ether oxygens (including phenoxy) is 1. The predicted molar refractivity (Wildman–Crippen MR) is 145 cm³/mol. The Balaban J connectivity index is 1.51. The summed E-state index contributed by atoms with van der Waals surface area (Å²) < 4.78 is 5.83. The number of anilines is 2. The van der Waals surface area contributed by atoms with Gasteiger partial charge in [0, 0.05) is 29.3 Å². The summed E-state index contributed by atoms with van der Waals surface area (Å²) >= 11 is 0. The molecule has 0 amide bonds. The topological polar surface area (TPSA) is 93.5 Å². The van der Waals surface area contributed by atoms with Crippen LogP contribution in [0.25, 0.3) is 0 Å². The van der Waals surface area contributed by atoms with Crippen molar-refractivity contribution in [3.05, 3.63) is 105 Å². The fourth-order valence-electron chi connectivity index (χ4n) is 5.08. The molecule has 0 radical (unpaired) electrons. The highest BCUT2D eigenvalue weighted by Gasteiger charge is 2.36. The van der Waals surface area contributed by atoms with Gasteiger partial charge in [-0.25, -0.2) is 0 Å². The SMILES string of the molecule is Cc1ccc(C2Nc3ccccc3NC3=C2C(=O)CC(c2ccc(OCC(C)C)cc2)C3)cc1[N+](=O)[O-]. The van der Waals surface area contributed by atoms with E-state index in [-0.39, 0.29) is 22.3 Å². The molecule has 7 nitrogen and oxygen atoms in total. The fraction of sp³-hybridized carbons (Fsp3) is 0.300. The lowest BCUT2D eigenvalue weighted by atomic mass is 9.78. The normalized spacial score (nSPS) is 18.9. The minimum absolute atomic E-state index is 0.0242. The van der Waals surface area contributed by atoms with Crippen molar-refractivity contribution in [2.24, 2.45) is 5.92 Å². The second kappa shape index (κ2) is 10.1. The van der Waals surface area contributed by atoms with Gasteiger partial charge in [0.1, 0.15) is 5.75 Å². The highest BCUT2D eigenvalue weighted by atomic mass is 16.6. The molecule has 0 aromatic heterocycles. The van der Waals surface area contributed by atoms with Crippen molar-refractivity contribution < 1.29 is 14.5 Å². The van der Waals surface area contributed by atoms with Gasteiger partial charge in [-0.2, -0.15) is 0 Å². The minimum atomic E-state index is -0.495. The number of hydrogen-bond donors (Lipinski definition) is 2. The maximum absolute atomic E-state index is 13.7. The Kier molecular flexibility index (Phi) is 6.70. The molecule has 7 heteroatoms. The fourth-order valence-corrected chi connectivity index (χ4v) is 5.08. The molecule has 2 aliphatic rings. The molecule has 2 unspecified atom stereocenters. The summed E-state index contributed by atoms with van der Waals surface area (Å²) in [5.74, 6) is 1.33. The summed E-state index contributed by atoms with van der Waals surface area (Å²) in [6.07, 6.45) is 1.03. The molecule has 0 bridgehead atoms. The van der Waals surface area contributed by atoms with E-state index < -0.39 is 6.04 Å². The monoisotopic (exact) mass is 497 g/mol. The quantitative estimate of drug-likeness (QED) is 0.284. The number of ketones is 1. The van der Waals surface area contributed by atoms with Gasteiger partial charge in [-0.05, 0) is 60.6 Å². The maximum atomic E-state index is 13.7. The summed E-state index contributed by atoms with van der Waals surface area (Å²) in [6.45, 7) is 6.61. The number of para-hydroxylation sites is 2. The first kappa shape index (κ1) is 24.6. The smallest absolute Gasteiger partial charge is 0.272 e. The van der Waals surface area contributed by atoms with Gasteiger partial charge < -0.3 is 15.4 Å². The number of allylic oxidation sites excluding steroid dienone is 1. The number of nitro benzene ring substituents is 1. The van der Waals surface area contributed by atoms with Crippen LogP contribution in [0.3, 0.4) is 0 Å². The molecule has 1 aliphatic carbocycles. The van der Waals surface area contributed by atoms with Crippen LogP contribution in [0.15, 0.2) is 78.0 Å². The molecule has 1 heterocycles. The molecule has 0 spiro atoms. The van der Waals surface area contributed by atoms with E-state index >= 15 is 0 Å². The van der Waals surface area contributed by atoms with Crippen molar-refractivity contribution in [1.82, 2.24) is 0 Å². The second-order valence-corrected chi connectivity index (χ2v) is 10.2. The van der Waals surface area contributed by atoms with E-state index in [4.69, 9.17) is 4.74 Å². The van der Waals surface area contributed by atoms with Crippen molar-refractivity contribution in [1.29, 1.82) is 0 Å². The van der Waals surface area contributed by atoms with E-state index in [1.54, 1.807) is 19.1 Å². The number of nitrogens with one attached hydrogen (secondary N) is 2. The molecule has 190 valence electrons. The summed E-state index contributed by atoms with van der Waals surface area (Å²) in [5.41, 5.74) is 5.65. The van der Waals surface area contributed by atoms with Crippen molar-refractivity contribution in [2.75, 3.05) is 17.2 Å². The van der Waals surface area contributed by atoms with E-state index in [0.717, 1.165) is 28.4 Å². The number of rotatable bonds is 6. The van der Waals surface area contributed by atoms with Gasteiger partial charge in [-0.1, -0.05) is 50.2 Å². The molecule has 0 fully saturated rings. The zero-order valence-corrected chi connectivity index (χ0v) is 21.3. The number of carbonyl (C=O) groups is 1. The lowest BCUT2D eigenvalue weighted by Crippen LogP contribution is -2.27. The molecular formula is C30H31N3O4. The van der Waals surface area contributed by atoms with Crippen LogP contribution in [-0.4, -0.2) is 17.3 Å². The largest absolute Gasteiger partial charge is 0.493 e. The Morgan fingerprint density at radius 2 is 1.70 bits per heavy atom. The molecule has 2 N–H and O–H groups in total. The Hall–Kier alpha value is -4.13. The van der Waals surface area contributed by atoms with Gasteiger partial charge >= 0.3 is 0 Å². The third-order valence-electron chi connectivity index (χ3n) is 7.01. The van der Waals surface area contributed by atoms with Crippen LogP contribution in [0.1, 0.15) is 55.3 Å². The van der Waals surface area contributed by atoms with Crippen LogP contribution in [0.5, 0.6) is 5.75 Å². The first-order valence-electron chi connectivity index (χ1n) is 12.7. The predicted octanol–water partition coefficient (Wildman–Crippen LogP) is 6.92. The van der Waals surface area contributed by atoms with Gasteiger partial charge in [0.15, 0.2) is 5.78 Å². The van der Waals surface area contributed by atoms with Crippen LogP contribution in [0, 0.1) is 23.0 Å². The number of aryl methyl sites for hydroxylation is 1. The lowest BCUT2D eigenvalue weighted by molar-refractivity contribution is -0.385. The van der Waals surface area contributed by atoms with Gasteiger partial charge in [-0.15, -0.1) is 0 Å². The average Bonchev–Trinajstić information content (AvgIpc) is 3.05. The zero-order valence-electron chi connectivity index (χ0n) is 21.3. The Morgan fingerprint density at radius 1 is 1.00 bits per heavy atom. The number of benzene rings is 3. The Labute approximate surface area is 216 Å². The highest BCUT2D eigenvalue weighted by molar-refractivity contribution is 6.01. The number of fused-ring (bicyclic) bond motifs is 1. The summed E-state index contributed by atoms with van der Waals surface area (Å²) in [5, 5.41) is 18.7. The van der Waals surface area contributed by atoms with Crippen LogP contribution < -0.4 is 15.4 Å². The number of nitro groups is 1. The number of nitrogens with zero attached hydrogens (tertiary/aromatic N) is 1. The van der Waals surface area contributed by atoms with Gasteiger partial charge in [0.05, 0.1) is 28.9 Å². The van der Waals surface area contributed by atoms with Crippen LogP contribution >= 0.6 is 0 Å². The van der Waals surface area contributed by atoms with E-state index in [1.165, 1.54) is 0 Å². The van der Waals surface area contributed by atoms with Crippen LogP contribution in [0.2, 0.25) is 0 Å². The third-order valence-corrected chi connectivity index (χ3v) is 7.01. The molecule has 2 atom stereocenters. The van der Waals surface area contributed by atoms with Crippen LogP contribution in [0.4, 0.5) is 17.1 Å². The van der Waals surface area contributed by atoms with E-state index in [2.05, 4.69) is 24.5 Å². The van der Waals surface area contributed by atoms with Gasteiger partial charge in [0.2, 0.25) is 0 Å². The lowest BCUT2D eigenvalue weighted by Gasteiger charge is -2.30. The number of carbonyl (C=O) groups excluding carboxylic acids is 1. The molecule has 0 saturated carbocycles. The maximum Gasteiger partial charge on any atom is 0.272 e. The molecule has 1 aliphatic heterocycles. The minimum Gasteiger partial charge on any atom is -0.493 e. The molecule has 5 rings (SSSR count). The molecule has 37 heavy (non-hydrogen) atoms. The molecule has 0 saturated heterocycles. The van der Waals surface area contributed by atoms with Gasteiger partial charge in [0.25, 0.3) is 5.69 Å². The molecule has 3 aromatic carbocycles. The van der Waals surface area contributed by atoms with Crippen molar-refractivity contribution in [2.45, 2.75) is 45.6 Å². The van der Waals surface area contributed by atoms with Gasteiger partial charge in [-0.3, -0.25) is 14.9 Å². The van der Waals surface area contributed by atoms with Crippen molar-refractivity contribution in [3.8, 4) is 5.75 Å². The van der Waals surface area contributed by atoms with E-state index in [0.29, 0.717) is 42.1 Å². The summed E-state index contributed by atoms with van der Waals surface area (Å²) in [6, 6.07) is 20.5. The van der Waals surface area contributed by atoms with Crippen molar-refractivity contribution in [3.63, 3.8) is 0 Å². The second-order valence-electron chi connectivity index (χ2n) is 10.2.